The molecular weight excluding hydrogens is 424 g/mol. The maximum atomic E-state index is 12.8. The second-order valence-electron chi connectivity index (χ2n) is 7.15. The van der Waals surface area contributed by atoms with Crippen molar-refractivity contribution in [2.75, 3.05) is 27.9 Å². The number of carbonyl (C=O) groups is 2. The van der Waals surface area contributed by atoms with E-state index in [1.54, 1.807) is 88.1 Å². The summed E-state index contributed by atoms with van der Waals surface area (Å²) < 4.78 is 27.1. The molecule has 7 nitrogen and oxygen atoms in total. The Morgan fingerprint density at radius 1 is 0.848 bits per heavy atom. The molecule has 33 heavy (non-hydrogen) atoms. The lowest BCUT2D eigenvalue weighted by atomic mass is 10.1. The van der Waals surface area contributed by atoms with Gasteiger partial charge in [0.05, 0.1) is 26.9 Å². The Morgan fingerprint density at radius 2 is 1.55 bits per heavy atom. The maximum absolute atomic E-state index is 12.8. The molecule has 4 rings (SSSR count). The standard InChI is InChI=1S/C26H22O7/c1-29-18-6-4-16(5-7-18)22(27)15-32-20-8-10-21-24(14-20)33-25(26(21)28)13-17-12-19(30-2)9-11-23(17)31-3/h4-14H,15H2,1-3H3. The summed E-state index contributed by atoms with van der Waals surface area (Å²) in [5.74, 6) is 2.38. The topological polar surface area (TPSA) is 80.3 Å². The first kappa shape index (κ1) is 22.0. The van der Waals surface area contributed by atoms with E-state index in [4.69, 9.17) is 23.7 Å². The van der Waals surface area contributed by atoms with Crippen LogP contribution in [-0.2, 0) is 0 Å². The number of carbonyl (C=O) groups excluding carboxylic acids is 2. The van der Waals surface area contributed by atoms with E-state index in [0.29, 0.717) is 45.4 Å². The van der Waals surface area contributed by atoms with Crippen molar-refractivity contribution in [1.29, 1.82) is 0 Å². The lowest BCUT2D eigenvalue weighted by molar-refractivity contribution is 0.0920. The fraction of sp³-hybridized carbons (Fsp3) is 0.154. The van der Waals surface area contributed by atoms with E-state index in [1.807, 2.05) is 0 Å². The summed E-state index contributed by atoms with van der Waals surface area (Å²) in [5, 5.41) is 0. The third-order valence-electron chi connectivity index (χ3n) is 5.15. The number of hydrogen-bond donors (Lipinski definition) is 0. The van der Waals surface area contributed by atoms with Gasteiger partial charge in [0.25, 0.3) is 0 Å². The van der Waals surface area contributed by atoms with Gasteiger partial charge in [-0.25, -0.2) is 0 Å². The molecule has 1 heterocycles. The molecular formula is C26H22O7. The second kappa shape index (κ2) is 9.48. The number of ether oxygens (including phenoxy) is 5. The first-order valence-corrected chi connectivity index (χ1v) is 10.1. The van der Waals surface area contributed by atoms with Crippen molar-refractivity contribution in [3.05, 3.63) is 83.1 Å². The molecule has 1 aliphatic heterocycles. The molecule has 0 saturated heterocycles. The van der Waals surface area contributed by atoms with E-state index < -0.39 is 0 Å². The van der Waals surface area contributed by atoms with Gasteiger partial charge in [0.15, 0.2) is 18.1 Å². The first-order valence-electron chi connectivity index (χ1n) is 10.1. The molecule has 0 fully saturated rings. The molecule has 0 atom stereocenters. The fourth-order valence-electron chi connectivity index (χ4n) is 3.36. The monoisotopic (exact) mass is 446 g/mol. The van der Waals surface area contributed by atoms with Gasteiger partial charge < -0.3 is 23.7 Å². The van der Waals surface area contributed by atoms with Gasteiger partial charge in [0, 0.05) is 17.2 Å². The molecule has 7 heteroatoms. The predicted octanol–water partition coefficient (Wildman–Crippen LogP) is 4.59. The van der Waals surface area contributed by atoms with Gasteiger partial charge in [-0.05, 0) is 60.7 Å². The van der Waals surface area contributed by atoms with Gasteiger partial charge >= 0.3 is 0 Å². The summed E-state index contributed by atoms with van der Waals surface area (Å²) in [6, 6.07) is 16.9. The SMILES string of the molecule is COc1ccc(C(=O)COc2ccc3c(c2)OC(=Cc2cc(OC)ccc2OC)C3=O)cc1. The van der Waals surface area contributed by atoms with Crippen molar-refractivity contribution in [1.82, 2.24) is 0 Å². The van der Waals surface area contributed by atoms with Crippen LogP contribution in [0.5, 0.6) is 28.7 Å². The van der Waals surface area contributed by atoms with E-state index in [1.165, 1.54) is 0 Å². The van der Waals surface area contributed by atoms with Gasteiger partial charge in [0.2, 0.25) is 5.78 Å². The molecule has 0 radical (unpaired) electrons. The first-order chi connectivity index (χ1) is 16.0. The van der Waals surface area contributed by atoms with Crippen LogP contribution in [-0.4, -0.2) is 39.5 Å². The summed E-state index contributed by atoms with van der Waals surface area (Å²) in [7, 11) is 4.67. The Morgan fingerprint density at radius 3 is 2.24 bits per heavy atom. The Bertz CT molecular complexity index is 1230. The van der Waals surface area contributed by atoms with Crippen LogP contribution in [0.2, 0.25) is 0 Å². The van der Waals surface area contributed by atoms with E-state index in [-0.39, 0.29) is 23.9 Å². The highest BCUT2D eigenvalue weighted by atomic mass is 16.5. The zero-order valence-electron chi connectivity index (χ0n) is 18.4. The highest BCUT2D eigenvalue weighted by molar-refractivity contribution is 6.14. The molecule has 0 spiro atoms. The van der Waals surface area contributed by atoms with Gasteiger partial charge in [-0.2, -0.15) is 0 Å². The van der Waals surface area contributed by atoms with E-state index in [0.717, 1.165) is 0 Å². The van der Waals surface area contributed by atoms with Crippen LogP contribution in [0.25, 0.3) is 6.08 Å². The summed E-state index contributed by atoms with van der Waals surface area (Å²) in [6.07, 6.45) is 1.61. The number of methoxy groups -OCH3 is 3. The minimum atomic E-state index is -0.254. The summed E-state index contributed by atoms with van der Waals surface area (Å²) in [5.41, 5.74) is 1.58. The van der Waals surface area contributed by atoms with Crippen LogP contribution in [0.3, 0.4) is 0 Å². The maximum Gasteiger partial charge on any atom is 0.231 e. The van der Waals surface area contributed by atoms with Crippen LogP contribution in [0.1, 0.15) is 26.3 Å². The molecule has 0 N–H and O–H groups in total. The lowest BCUT2D eigenvalue weighted by Gasteiger charge is -2.08. The zero-order chi connectivity index (χ0) is 23.4. The summed E-state index contributed by atoms with van der Waals surface area (Å²) in [6.45, 7) is -0.150. The Balaban J connectivity index is 1.49. The number of rotatable bonds is 8. The predicted molar refractivity (Wildman–Crippen MR) is 122 cm³/mol. The molecule has 0 bridgehead atoms. The lowest BCUT2D eigenvalue weighted by Crippen LogP contribution is -2.11. The van der Waals surface area contributed by atoms with Gasteiger partial charge in [-0.3, -0.25) is 9.59 Å². The number of benzene rings is 3. The normalized spacial score (nSPS) is 13.3. The van der Waals surface area contributed by atoms with Crippen molar-refractivity contribution in [3.63, 3.8) is 0 Å². The van der Waals surface area contributed by atoms with Crippen molar-refractivity contribution >= 4 is 17.6 Å². The molecule has 0 saturated carbocycles. The van der Waals surface area contributed by atoms with Gasteiger partial charge in [-0.15, -0.1) is 0 Å². The third kappa shape index (κ3) is 4.67. The minimum absolute atomic E-state index is 0.150. The summed E-state index contributed by atoms with van der Waals surface area (Å²) >= 11 is 0. The van der Waals surface area contributed by atoms with E-state index in [2.05, 4.69) is 0 Å². The third-order valence-corrected chi connectivity index (χ3v) is 5.15. The minimum Gasteiger partial charge on any atom is -0.497 e. The van der Waals surface area contributed by atoms with Crippen LogP contribution in [0.4, 0.5) is 0 Å². The number of fused-ring (bicyclic) bond motifs is 1. The Hall–Kier alpha value is -4.26. The zero-order valence-corrected chi connectivity index (χ0v) is 18.4. The molecule has 168 valence electrons. The van der Waals surface area contributed by atoms with E-state index >= 15 is 0 Å². The highest BCUT2D eigenvalue weighted by Crippen LogP contribution is 2.36. The quantitative estimate of drug-likeness (QED) is 0.370. The van der Waals surface area contributed by atoms with Crippen molar-refractivity contribution in [2.24, 2.45) is 0 Å². The number of ketones is 2. The molecule has 1 aliphatic rings. The Kier molecular flexibility index (Phi) is 6.31. The average molecular weight is 446 g/mol. The average Bonchev–Trinajstić information content (AvgIpc) is 3.16. The molecule has 0 aromatic heterocycles. The smallest absolute Gasteiger partial charge is 0.231 e. The van der Waals surface area contributed by atoms with Crippen molar-refractivity contribution in [2.45, 2.75) is 0 Å². The van der Waals surface area contributed by atoms with Crippen molar-refractivity contribution in [3.8, 4) is 28.7 Å². The van der Waals surface area contributed by atoms with Crippen LogP contribution >= 0.6 is 0 Å². The molecule has 0 aliphatic carbocycles. The fourth-order valence-corrected chi connectivity index (χ4v) is 3.36. The molecule has 0 unspecified atom stereocenters. The van der Waals surface area contributed by atoms with Crippen molar-refractivity contribution < 1.29 is 33.3 Å². The second-order valence-corrected chi connectivity index (χ2v) is 7.15. The molecule has 3 aromatic carbocycles. The van der Waals surface area contributed by atoms with Gasteiger partial charge in [-0.1, -0.05) is 0 Å². The Labute approximate surface area is 191 Å². The van der Waals surface area contributed by atoms with Crippen LogP contribution in [0.15, 0.2) is 66.4 Å². The largest absolute Gasteiger partial charge is 0.497 e. The highest BCUT2D eigenvalue weighted by Gasteiger charge is 2.28. The number of hydrogen-bond acceptors (Lipinski definition) is 7. The molecule has 0 amide bonds. The van der Waals surface area contributed by atoms with E-state index in [9.17, 15) is 9.59 Å². The van der Waals surface area contributed by atoms with Crippen LogP contribution < -0.4 is 23.7 Å². The van der Waals surface area contributed by atoms with Gasteiger partial charge in [0.1, 0.15) is 28.7 Å². The van der Waals surface area contributed by atoms with Crippen LogP contribution in [0, 0.1) is 0 Å². The molecule has 3 aromatic rings. The summed E-state index contributed by atoms with van der Waals surface area (Å²) in [4.78, 5) is 25.2. The number of allylic oxidation sites excluding steroid dienone is 1. The number of Topliss-reactive ketones (excluding diaryl/α,β-unsaturated/α-hetero) is 2.